The molecule has 0 atom stereocenters. The first-order chi connectivity index (χ1) is 10.0. The van der Waals surface area contributed by atoms with Gasteiger partial charge in [-0.1, -0.05) is 26.0 Å². The number of ether oxygens (including phenoxy) is 1. The summed E-state index contributed by atoms with van der Waals surface area (Å²) in [4.78, 5) is 9.06. The van der Waals surface area contributed by atoms with Crippen LogP contribution in [0.15, 0.2) is 28.7 Å². The van der Waals surface area contributed by atoms with Gasteiger partial charge in [-0.05, 0) is 47.3 Å². The minimum absolute atomic E-state index is 0.460. The van der Waals surface area contributed by atoms with Gasteiger partial charge in [-0.15, -0.1) is 0 Å². The van der Waals surface area contributed by atoms with Crippen LogP contribution >= 0.6 is 15.9 Å². The van der Waals surface area contributed by atoms with Crippen LogP contribution in [0.3, 0.4) is 0 Å². The zero-order chi connectivity index (χ0) is 15.4. The monoisotopic (exact) mass is 349 g/mol. The van der Waals surface area contributed by atoms with E-state index >= 15 is 0 Å². The van der Waals surface area contributed by atoms with E-state index in [9.17, 15) is 0 Å². The number of hydrogen-bond donors (Lipinski definition) is 1. The first-order valence-corrected chi connectivity index (χ1v) is 7.86. The van der Waals surface area contributed by atoms with Crippen LogP contribution in [0.5, 0.6) is 5.75 Å². The highest BCUT2D eigenvalue weighted by atomic mass is 79.9. The molecule has 0 spiro atoms. The van der Waals surface area contributed by atoms with Crippen molar-refractivity contribution in [3.05, 3.63) is 34.4 Å². The third-order valence-electron chi connectivity index (χ3n) is 2.97. The Morgan fingerprint density at radius 2 is 1.95 bits per heavy atom. The molecule has 0 saturated heterocycles. The molecule has 2 N–H and O–H groups in total. The van der Waals surface area contributed by atoms with E-state index in [-0.39, 0.29) is 0 Å². The van der Waals surface area contributed by atoms with Gasteiger partial charge in [0.15, 0.2) is 5.82 Å². The van der Waals surface area contributed by atoms with E-state index in [1.165, 1.54) is 0 Å². The molecule has 0 radical (unpaired) electrons. The molecule has 0 saturated carbocycles. The molecule has 0 fully saturated rings. The summed E-state index contributed by atoms with van der Waals surface area (Å²) >= 11 is 3.48. The fraction of sp³-hybridized carbons (Fsp3) is 0.375. The van der Waals surface area contributed by atoms with E-state index in [2.05, 4.69) is 39.7 Å². The van der Waals surface area contributed by atoms with Crippen LogP contribution in [0.2, 0.25) is 0 Å². The smallest absolute Gasteiger partial charge is 0.165 e. The van der Waals surface area contributed by atoms with Gasteiger partial charge >= 0.3 is 0 Å². The van der Waals surface area contributed by atoms with Gasteiger partial charge in [0.2, 0.25) is 0 Å². The number of rotatable bonds is 5. The second-order valence-electron chi connectivity index (χ2n) is 5.22. The predicted octanol–water partition coefficient (Wildman–Crippen LogP) is 4.09. The molecule has 4 nitrogen and oxygen atoms in total. The highest BCUT2D eigenvalue weighted by Crippen LogP contribution is 2.31. The fourth-order valence-corrected chi connectivity index (χ4v) is 2.43. The summed E-state index contributed by atoms with van der Waals surface area (Å²) in [5.74, 6) is 2.33. The lowest BCUT2D eigenvalue weighted by Crippen LogP contribution is -2.06. The summed E-state index contributed by atoms with van der Waals surface area (Å²) in [5.41, 5.74) is 7.81. The molecule has 0 aliphatic carbocycles. The minimum Gasteiger partial charge on any atom is -0.493 e. The van der Waals surface area contributed by atoms with E-state index in [0.29, 0.717) is 24.2 Å². The lowest BCUT2D eigenvalue weighted by atomic mass is 10.1. The number of nitrogen functional groups attached to an aromatic ring is 1. The van der Waals surface area contributed by atoms with E-state index in [4.69, 9.17) is 10.5 Å². The summed E-state index contributed by atoms with van der Waals surface area (Å²) in [6.07, 6.45) is 0.844. The van der Waals surface area contributed by atoms with Crippen LogP contribution in [-0.4, -0.2) is 16.6 Å². The van der Waals surface area contributed by atoms with Gasteiger partial charge in [-0.3, -0.25) is 0 Å². The number of anilines is 1. The van der Waals surface area contributed by atoms with Crippen LogP contribution < -0.4 is 10.5 Å². The van der Waals surface area contributed by atoms with Crippen LogP contribution in [0, 0.1) is 5.92 Å². The van der Waals surface area contributed by atoms with Crippen molar-refractivity contribution in [3.63, 3.8) is 0 Å². The Balaban J connectivity index is 2.52. The number of hydrogen-bond acceptors (Lipinski definition) is 4. The maximum absolute atomic E-state index is 6.02. The number of para-hydroxylation sites is 1. The second-order valence-corrected chi connectivity index (χ2v) is 6.01. The molecular formula is C16H20BrN3O. The first-order valence-electron chi connectivity index (χ1n) is 7.07. The maximum Gasteiger partial charge on any atom is 0.165 e. The Hall–Kier alpha value is -1.62. The van der Waals surface area contributed by atoms with E-state index in [0.717, 1.165) is 27.9 Å². The number of nitrogens with two attached hydrogens (primary N) is 1. The number of nitrogens with zero attached hydrogens (tertiary/aromatic N) is 2. The van der Waals surface area contributed by atoms with Gasteiger partial charge in [0.1, 0.15) is 11.6 Å². The Morgan fingerprint density at radius 1 is 1.24 bits per heavy atom. The molecule has 112 valence electrons. The van der Waals surface area contributed by atoms with E-state index in [1.807, 2.05) is 31.2 Å². The first kappa shape index (κ1) is 15.8. The Morgan fingerprint density at radius 3 is 2.62 bits per heavy atom. The SMILES string of the molecule is CCOc1ccccc1-c1nc(N)c(Br)c(CC(C)C)n1. The minimum atomic E-state index is 0.460. The Labute approximate surface area is 133 Å². The van der Waals surface area contributed by atoms with Crippen LogP contribution in [0.1, 0.15) is 26.5 Å². The van der Waals surface area contributed by atoms with Gasteiger partial charge in [0.05, 0.1) is 22.3 Å². The predicted molar refractivity (Wildman–Crippen MR) is 89.3 cm³/mol. The molecule has 21 heavy (non-hydrogen) atoms. The summed E-state index contributed by atoms with van der Waals surface area (Å²) in [6.45, 7) is 6.86. The Bertz CT molecular complexity index is 629. The van der Waals surface area contributed by atoms with Gasteiger partial charge in [0.25, 0.3) is 0 Å². The van der Waals surface area contributed by atoms with Gasteiger partial charge < -0.3 is 10.5 Å². The molecule has 0 unspecified atom stereocenters. The van der Waals surface area contributed by atoms with Crippen molar-refractivity contribution in [2.24, 2.45) is 5.92 Å². The number of halogens is 1. The molecule has 0 aliphatic heterocycles. The standard InChI is InChI=1S/C16H20BrN3O/c1-4-21-13-8-6-5-7-11(13)16-19-12(9-10(2)3)14(17)15(18)20-16/h5-8,10H,4,9H2,1-3H3,(H2,18,19,20). The normalized spacial score (nSPS) is 10.9. The van der Waals surface area contributed by atoms with Crippen molar-refractivity contribution < 1.29 is 4.74 Å². The lowest BCUT2D eigenvalue weighted by molar-refractivity contribution is 0.341. The largest absolute Gasteiger partial charge is 0.493 e. The highest BCUT2D eigenvalue weighted by Gasteiger charge is 2.15. The van der Waals surface area contributed by atoms with Gasteiger partial charge in [0, 0.05) is 0 Å². The zero-order valence-electron chi connectivity index (χ0n) is 12.6. The molecule has 2 rings (SSSR count). The fourth-order valence-electron chi connectivity index (χ4n) is 2.09. The van der Waals surface area contributed by atoms with Crippen molar-refractivity contribution >= 4 is 21.7 Å². The topological polar surface area (TPSA) is 61.0 Å². The van der Waals surface area contributed by atoms with Crippen LogP contribution in [0.25, 0.3) is 11.4 Å². The molecular weight excluding hydrogens is 330 g/mol. The second kappa shape index (κ2) is 6.89. The van der Waals surface area contributed by atoms with Crippen LogP contribution in [0.4, 0.5) is 5.82 Å². The average molecular weight is 350 g/mol. The molecule has 0 aliphatic rings. The number of benzene rings is 1. The molecule has 0 amide bonds. The molecule has 1 heterocycles. The molecule has 1 aromatic heterocycles. The maximum atomic E-state index is 6.02. The third-order valence-corrected chi connectivity index (χ3v) is 3.84. The van der Waals surface area contributed by atoms with E-state index in [1.54, 1.807) is 0 Å². The summed E-state index contributed by atoms with van der Waals surface area (Å²) < 4.78 is 6.44. The van der Waals surface area contributed by atoms with E-state index < -0.39 is 0 Å². The summed E-state index contributed by atoms with van der Waals surface area (Å²) in [5, 5.41) is 0. The van der Waals surface area contributed by atoms with Crippen molar-refractivity contribution in [2.45, 2.75) is 27.2 Å². The average Bonchev–Trinajstić information content (AvgIpc) is 2.44. The molecule has 1 aromatic carbocycles. The van der Waals surface area contributed by atoms with Crippen molar-refractivity contribution in [3.8, 4) is 17.1 Å². The molecule has 5 heteroatoms. The molecule has 2 aromatic rings. The zero-order valence-corrected chi connectivity index (χ0v) is 14.1. The third kappa shape index (κ3) is 3.73. The van der Waals surface area contributed by atoms with Crippen LogP contribution in [-0.2, 0) is 6.42 Å². The number of aromatic nitrogens is 2. The van der Waals surface area contributed by atoms with Crippen molar-refractivity contribution in [1.29, 1.82) is 0 Å². The lowest BCUT2D eigenvalue weighted by Gasteiger charge is -2.13. The van der Waals surface area contributed by atoms with Gasteiger partial charge in [-0.25, -0.2) is 9.97 Å². The summed E-state index contributed by atoms with van der Waals surface area (Å²) in [6, 6.07) is 7.75. The quantitative estimate of drug-likeness (QED) is 0.882. The highest BCUT2D eigenvalue weighted by molar-refractivity contribution is 9.10. The van der Waals surface area contributed by atoms with Crippen molar-refractivity contribution in [1.82, 2.24) is 9.97 Å². The summed E-state index contributed by atoms with van der Waals surface area (Å²) in [7, 11) is 0. The molecule has 0 bridgehead atoms. The Kier molecular flexibility index (Phi) is 5.17. The van der Waals surface area contributed by atoms with Gasteiger partial charge in [-0.2, -0.15) is 0 Å². The van der Waals surface area contributed by atoms with Crippen molar-refractivity contribution in [2.75, 3.05) is 12.3 Å².